The fraction of sp³-hybridized carbons (Fsp3) is 0.250. The zero-order chi connectivity index (χ0) is 6.27. The van der Waals surface area contributed by atoms with E-state index in [-0.39, 0.29) is 5.82 Å². The zero-order valence-corrected chi connectivity index (χ0v) is 5.02. The van der Waals surface area contributed by atoms with Crippen molar-refractivity contribution in [2.24, 2.45) is 0 Å². The summed E-state index contributed by atoms with van der Waals surface area (Å²) >= 11 is 0. The van der Waals surface area contributed by atoms with Gasteiger partial charge in [-0.15, -0.1) is 0 Å². The van der Waals surface area contributed by atoms with Crippen LogP contribution in [0.15, 0.2) is 18.2 Å². The molecule has 0 aliphatic heterocycles. The normalized spacial score (nSPS) is 14.3. The maximum atomic E-state index is 12.6. The Balaban J connectivity index is 2.64. The molecule has 0 bridgehead atoms. The van der Waals surface area contributed by atoms with Crippen LogP contribution in [0.5, 0.6) is 0 Å². The Morgan fingerprint density at radius 1 is 1.22 bits per heavy atom. The third kappa shape index (κ3) is 0.576. The van der Waals surface area contributed by atoms with Gasteiger partial charge in [0.2, 0.25) is 0 Å². The molecule has 0 amide bonds. The molecule has 1 aliphatic carbocycles. The first-order chi connectivity index (χ1) is 4.38. The summed E-state index contributed by atoms with van der Waals surface area (Å²) in [5, 5.41) is 0. The van der Waals surface area contributed by atoms with Crippen LogP contribution in [0.1, 0.15) is 11.1 Å². The first kappa shape index (κ1) is 4.98. The fourth-order valence-electron chi connectivity index (χ4n) is 1.20. The fourth-order valence-corrected chi connectivity index (χ4v) is 1.20. The number of aryl methyl sites for hydroxylation is 1. The lowest BCUT2D eigenvalue weighted by molar-refractivity contribution is 0.589. The minimum absolute atomic E-state index is 0.0289. The summed E-state index contributed by atoms with van der Waals surface area (Å²) in [4.78, 5) is 0. The van der Waals surface area contributed by atoms with Crippen LogP contribution in [0, 0.1) is 5.82 Å². The second-order valence-corrected chi connectivity index (χ2v) is 2.38. The van der Waals surface area contributed by atoms with Crippen LogP contribution in [-0.2, 0) is 12.8 Å². The SMILES string of the molecule is Fc1cccc2c1CC2. The summed E-state index contributed by atoms with van der Waals surface area (Å²) in [5.74, 6) is -0.0289. The van der Waals surface area contributed by atoms with Crippen molar-refractivity contribution in [1.82, 2.24) is 0 Å². The molecule has 1 aromatic carbocycles. The van der Waals surface area contributed by atoms with E-state index in [0.29, 0.717) is 0 Å². The van der Waals surface area contributed by atoms with Crippen molar-refractivity contribution in [3.05, 3.63) is 35.1 Å². The summed E-state index contributed by atoms with van der Waals surface area (Å²) in [6, 6.07) is 5.28. The Labute approximate surface area is 53.3 Å². The van der Waals surface area contributed by atoms with Crippen molar-refractivity contribution >= 4 is 0 Å². The Kier molecular flexibility index (Phi) is 0.865. The molecule has 0 heterocycles. The van der Waals surface area contributed by atoms with E-state index in [4.69, 9.17) is 0 Å². The maximum absolute atomic E-state index is 12.6. The highest BCUT2D eigenvalue weighted by Crippen LogP contribution is 2.24. The number of rotatable bonds is 0. The Morgan fingerprint density at radius 3 is 2.56 bits per heavy atom. The number of hydrogen-bond donors (Lipinski definition) is 0. The quantitative estimate of drug-likeness (QED) is 0.493. The minimum Gasteiger partial charge on any atom is -0.207 e. The topological polar surface area (TPSA) is 0 Å². The lowest BCUT2D eigenvalue weighted by Crippen LogP contribution is -2.09. The van der Waals surface area contributed by atoms with Crippen molar-refractivity contribution in [3.8, 4) is 0 Å². The summed E-state index contributed by atoms with van der Waals surface area (Å²) in [5.41, 5.74) is 2.12. The Bertz CT molecular complexity index is 226. The van der Waals surface area contributed by atoms with Crippen LogP contribution in [0.3, 0.4) is 0 Å². The highest BCUT2D eigenvalue weighted by Gasteiger charge is 2.15. The zero-order valence-electron chi connectivity index (χ0n) is 5.02. The minimum atomic E-state index is -0.0289. The van der Waals surface area contributed by atoms with E-state index in [0.717, 1.165) is 18.4 Å². The van der Waals surface area contributed by atoms with Gasteiger partial charge in [-0.1, -0.05) is 12.1 Å². The molecular weight excluding hydrogens is 115 g/mol. The van der Waals surface area contributed by atoms with Crippen LogP contribution < -0.4 is 0 Å². The van der Waals surface area contributed by atoms with Gasteiger partial charge in [0.05, 0.1) is 0 Å². The summed E-state index contributed by atoms with van der Waals surface area (Å²) in [6.45, 7) is 0. The highest BCUT2D eigenvalue weighted by molar-refractivity contribution is 5.36. The van der Waals surface area contributed by atoms with E-state index in [2.05, 4.69) is 0 Å². The van der Waals surface area contributed by atoms with Gasteiger partial charge in [-0.2, -0.15) is 0 Å². The number of fused-ring (bicyclic) bond motifs is 1. The molecule has 0 N–H and O–H groups in total. The molecule has 0 fully saturated rings. The standard InChI is InChI=1S/C8H7F/c9-8-3-1-2-6-4-5-7(6)8/h1-3H,4-5H2. The molecule has 2 rings (SSSR count). The lowest BCUT2D eigenvalue weighted by atomic mass is 9.88. The number of benzene rings is 1. The first-order valence-corrected chi connectivity index (χ1v) is 3.14. The molecule has 0 aromatic heterocycles. The number of halogens is 1. The molecule has 0 unspecified atom stereocenters. The molecule has 0 nitrogen and oxygen atoms in total. The van der Waals surface area contributed by atoms with Crippen LogP contribution in [0.4, 0.5) is 4.39 Å². The summed E-state index contributed by atoms with van der Waals surface area (Å²) in [7, 11) is 0. The van der Waals surface area contributed by atoms with Crippen molar-refractivity contribution < 1.29 is 4.39 Å². The van der Waals surface area contributed by atoms with Gasteiger partial charge in [-0.05, 0) is 30.0 Å². The number of hydrogen-bond acceptors (Lipinski definition) is 0. The molecule has 0 spiro atoms. The average molecular weight is 122 g/mol. The molecular formula is C8H7F. The molecule has 1 heteroatoms. The molecule has 0 atom stereocenters. The van der Waals surface area contributed by atoms with Gasteiger partial charge in [0.25, 0.3) is 0 Å². The second kappa shape index (κ2) is 1.56. The average Bonchev–Trinajstić information content (AvgIpc) is 1.74. The Morgan fingerprint density at radius 2 is 2.11 bits per heavy atom. The van der Waals surface area contributed by atoms with E-state index in [1.807, 2.05) is 6.07 Å². The molecule has 1 aromatic rings. The van der Waals surface area contributed by atoms with Crippen molar-refractivity contribution in [2.45, 2.75) is 12.8 Å². The van der Waals surface area contributed by atoms with Crippen molar-refractivity contribution in [3.63, 3.8) is 0 Å². The second-order valence-electron chi connectivity index (χ2n) is 2.38. The largest absolute Gasteiger partial charge is 0.207 e. The highest BCUT2D eigenvalue weighted by atomic mass is 19.1. The summed E-state index contributed by atoms with van der Waals surface area (Å²) in [6.07, 6.45) is 2.00. The van der Waals surface area contributed by atoms with Gasteiger partial charge < -0.3 is 0 Å². The molecule has 9 heavy (non-hydrogen) atoms. The third-order valence-electron chi connectivity index (χ3n) is 1.86. The van der Waals surface area contributed by atoms with E-state index >= 15 is 0 Å². The third-order valence-corrected chi connectivity index (χ3v) is 1.86. The molecule has 0 saturated heterocycles. The lowest BCUT2D eigenvalue weighted by Gasteiger charge is -2.17. The molecule has 46 valence electrons. The smallest absolute Gasteiger partial charge is 0.126 e. The first-order valence-electron chi connectivity index (χ1n) is 3.14. The van der Waals surface area contributed by atoms with Gasteiger partial charge in [-0.25, -0.2) is 4.39 Å². The maximum Gasteiger partial charge on any atom is 0.126 e. The van der Waals surface area contributed by atoms with Gasteiger partial charge >= 0.3 is 0 Å². The summed E-state index contributed by atoms with van der Waals surface area (Å²) < 4.78 is 12.6. The van der Waals surface area contributed by atoms with Crippen LogP contribution in [-0.4, -0.2) is 0 Å². The van der Waals surface area contributed by atoms with Gasteiger partial charge in [0.15, 0.2) is 0 Å². The molecule has 0 radical (unpaired) electrons. The predicted octanol–water partition coefficient (Wildman–Crippen LogP) is 1.92. The molecule has 0 saturated carbocycles. The molecule has 1 aliphatic rings. The van der Waals surface area contributed by atoms with Crippen LogP contribution in [0.25, 0.3) is 0 Å². The van der Waals surface area contributed by atoms with E-state index < -0.39 is 0 Å². The van der Waals surface area contributed by atoms with Crippen molar-refractivity contribution in [2.75, 3.05) is 0 Å². The van der Waals surface area contributed by atoms with E-state index in [9.17, 15) is 4.39 Å². The van der Waals surface area contributed by atoms with Gasteiger partial charge in [-0.3, -0.25) is 0 Å². The Hall–Kier alpha value is -0.850. The van der Waals surface area contributed by atoms with Crippen LogP contribution in [0.2, 0.25) is 0 Å². The van der Waals surface area contributed by atoms with E-state index in [1.54, 1.807) is 6.07 Å². The predicted molar refractivity (Wildman–Crippen MR) is 33.8 cm³/mol. The van der Waals surface area contributed by atoms with E-state index in [1.165, 1.54) is 11.6 Å². The van der Waals surface area contributed by atoms with Crippen molar-refractivity contribution in [1.29, 1.82) is 0 Å². The van der Waals surface area contributed by atoms with Gasteiger partial charge in [0, 0.05) is 0 Å². The van der Waals surface area contributed by atoms with Crippen LogP contribution >= 0.6 is 0 Å². The monoisotopic (exact) mass is 122 g/mol. The van der Waals surface area contributed by atoms with Gasteiger partial charge in [0.1, 0.15) is 5.82 Å².